The van der Waals surface area contributed by atoms with Crippen LogP contribution in [0, 0.1) is 0 Å². The van der Waals surface area contributed by atoms with Gasteiger partial charge in [-0.1, -0.05) is 19.1 Å². The third-order valence-electron chi connectivity index (χ3n) is 1.72. The van der Waals surface area contributed by atoms with Crippen LogP contribution in [0.25, 0.3) is 0 Å². The quantitative estimate of drug-likeness (QED) is 0.660. The minimum Gasteiger partial charge on any atom is -0.497 e. The van der Waals surface area contributed by atoms with E-state index < -0.39 is 7.04 Å². The van der Waals surface area contributed by atoms with Crippen molar-refractivity contribution in [1.82, 2.24) is 0 Å². The molecule has 1 aromatic rings. The van der Waals surface area contributed by atoms with Gasteiger partial charge in [-0.3, -0.25) is 0 Å². The normalized spacial score (nSPS) is 17.3. The van der Waals surface area contributed by atoms with Gasteiger partial charge in [0.1, 0.15) is 5.75 Å². The van der Waals surface area contributed by atoms with Gasteiger partial charge in [-0.2, -0.15) is 0 Å². The number of halogens is 1. The number of methoxy groups -OCH3 is 1. The molecule has 0 heterocycles. The summed E-state index contributed by atoms with van der Waals surface area (Å²) < 4.78 is 25.5. The Morgan fingerprint density at radius 3 is 2.67 bits per heavy atom. The standard InChI is InChI=1S/C10H13ClO/c1-3-10(11)8-4-6-9(12-2)7-5-8/h4-7,10H,3H2,1-2H3/i2D3. The fourth-order valence-corrected chi connectivity index (χ4v) is 1.13. The van der Waals surface area contributed by atoms with Crippen molar-refractivity contribution in [2.75, 3.05) is 7.04 Å². The van der Waals surface area contributed by atoms with Gasteiger partial charge in [0.05, 0.1) is 16.5 Å². The zero-order valence-corrected chi connectivity index (χ0v) is 7.64. The van der Waals surface area contributed by atoms with Gasteiger partial charge in [-0.05, 0) is 24.1 Å². The monoisotopic (exact) mass is 187 g/mol. The van der Waals surface area contributed by atoms with Crippen molar-refractivity contribution in [2.45, 2.75) is 18.7 Å². The predicted octanol–water partition coefficient (Wildman–Crippen LogP) is 3.39. The average Bonchev–Trinajstić information content (AvgIpc) is 2.15. The van der Waals surface area contributed by atoms with Crippen molar-refractivity contribution in [3.8, 4) is 5.75 Å². The highest BCUT2D eigenvalue weighted by molar-refractivity contribution is 6.20. The van der Waals surface area contributed by atoms with E-state index in [1.165, 1.54) is 0 Å². The summed E-state index contributed by atoms with van der Waals surface area (Å²) in [6, 6.07) is 6.80. The molecule has 0 amide bonds. The summed E-state index contributed by atoms with van der Waals surface area (Å²) in [5.74, 6) is 0.332. The first-order valence-electron chi connectivity index (χ1n) is 5.35. The van der Waals surface area contributed by atoms with E-state index in [-0.39, 0.29) is 5.38 Å². The Morgan fingerprint density at radius 2 is 2.17 bits per heavy atom. The van der Waals surface area contributed by atoms with Crippen LogP contribution >= 0.6 is 11.6 Å². The van der Waals surface area contributed by atoms with Crippen LogP contribution in [-0.2, 0) is 0 Å². The smallest absolute Gasteiger partial charge is 0.118 e. The summed E-state index contributed by atoms with van der Waals surface area (Å²) in [4.78, 5) is 0. The highest BCUT2D eigenvalue weighted by atomic mass is 35.5. The van der Waals surface area contributed by atoms with Crippen molar-refractivity contribution in [3.05, 3.63) is 29.8 Å². The zero-order chi connectivity index (χ0) is 11.5. The van der Waals surface area contributed by atoms with E-state index in [4.69, 9.17) is 20.5 Å². The number of ether oxygens (including phenoxy) is 1. The molecule has 0 N–H and O–H groups in total. The second kappa shape index (κ2) is 4.36. The molecule has 2 heteroatoms. The van der Waals surface area contributed by atoms with Crippen molar-refractivity contribution in [3.63, 3.8) is 0 Å². The molecule has 66 valence electrons. The summed E-state index contributed by atoms with van der Waals surface area (Å²) in [6.07, 6.45) is 0.834. The van der Waals surface area contributed by atoms with Gasteiger partial charge in [0.2, 0.25) is 0 Å². The molecule has 1 aromatic carbocycles. The molecular formula is C10H13ClO. The molecule has 1 atom stereocenters. The molecule has 0 bridgehead atoms. The van der Waals surface area contributed by atoms with Gasteiger partial charge in [0, 0.05) is 0 Å². The van der Waals surface area contributed by atoms with Gasteiger partial charge in [-0.15, -0.1) is 11.6 Å². The molecule has 0 saturated carbocycles. The molecule has 1 unspecified atom stereocenters. The van der Waals surface area contributed by atoms with Gasteiger partial charge >= 0.3 is 0 Å². The van der Waals surface area contributed by atoms with Crippen LogP contribution < -0.4 is 4.74 Å². The summed E-state index contributed by atoms with van der Waals surface area (Å²) in [5, 5.41) is -0.0354. The molecule has 0 aliphatic heterocycles. The lowest BCUT2D eigenvalue weighted by Gasteiger charge is -2.06. The van der Waals surface area contributed by atoms with Crippen LogP contribution in [0.15, 0.2) is 24.3 Å². The molecule has 0 aliphatic rings. The van der Waals surface area contributed by atoms with E-state index in [0.29, 0.717) is 5.75 Å². The molecule has 0 saturated heterocycles. The first kappa shape index (κ1) is 5.87. The molecular weight excluding hydrogens is 172 g/mol. The highest BCUT2D eigenvalue weighted by Gasteiger charge is 2.03. The van der Waals surface area contributed by atoms with Crippen molar-refractivity contribution < 1.29 is 8.85 Å². The van der Waals surface area contributed by atoms with Gasteiger partial charge in [0.25, 0.3) is 0 Å². The fourth-order valence-electron chi connectivity index (χ4n) is 0.980. The Bertz CT molecular complexity index is 307. The maximum Gasteiger partial charge on any atom is 0.118 e. The van der Waals surface area contributed by atoms with Crippen molar-refractivity contribution >= 4 is 11.6 Å². The van der Waals surface area contributed by atoms with Crippen LogP contribution in [0.2, 0.25) is 0 Å². The lowest BCUT2D eigenvalue weighted by atomic mass is 10.1. The summed E-state index contributed by atoms with van der Waals surface area (Å²) in [6.45, 7) is 1.99. The number of rotatable bonds is 3. The van der Waals surface area contributed by atoms with Crippen LogP contribution in [0.3, 0.4) is 0 Å². The first-order chi connectivity index (χ1) is 6.92. The molecule has 0 spiro atoms. The first-order valence-corrected chi connectivity index (χ1v) is 4.29. The second-order valence-corrected chi connectivity index (χ2v) is 3.07. The number of benzene rings is 1. The molecule has 0 aromatic heterocycles. The predicted molar refractivity (Wildman–Crippen MR) is 51.9 cm³/mol. The Labute approximate surface area is 82.5 Å². The van der Waals surface area contributed by atoms with E-state index in [2.05, 4.69) is 0 Å². The fraction of sp³-hybridized carbons (Fsp3) is 0.400. The molecule has 0 radical (unpaired) electrons. The number of hydrogen-bond donors (Lipinski definition) is 0. The molecule has 0 aliphatic carbocycles. The zero-order valence-electron chi connectivity index (χ0n) is 9.88. The average molecular weight is 188 g/mol. The molecule has 12 heavy (non-hydrogen) atoms. The Hall–Kier alpha value is -0.690. The summed E-state index contributed by atoms with van der Waals surface area (Å²) in [5.41, 5.74) is 0.969. The van der Waals surface area contributed by atoms with Crippen LogP contribution in [0.1, 0.15) is 28.4 Å². The number of alkyl halides is 1. The molecule has 1 nitrogen and oxygen atoms in total. The lowest BCUT2D eigenvalue weighted by molar-refractivity contribution is 0.414. The minimum absolute atomic E-state index is 0.0354. The summed E-state index contributed by atoms with van der Waals surface area (Å²) in [7, 11) is -2.40. The van der Waals surface area contributed by atoms with Gasteiger partial charge in [0.15, 0.2) is 0 Å². The third-order valence-corrected chi connectivity index (χ3v) is 2.28. The van der Waals surface area contributed by atoms with Crippen LogP contribution in [0.4, 0.5) is 0 Å². The molecule has 1 rings (SSSR count). The Balaban J connectivity index is 2.72. The van der Waals surface area contributed by atoms with Crippen molar-refractivity contribution in [1.29, 1.82) is 0 Å². The Kier molecular flexibility index (Phi) is 2.14. The third kappa shape index (κ3) is 2.15. The van der Waals surface area contributed by atoms with Crippen molar-refractivity contribution in [2.24, 2.45) is 0 Å². The highest BCUT2D eigenvalue weighted by Crippen LogP contribution is 2.25. The minimum atomic E-state index is -2.40. The Morgan fingerprint density at radius 1 is 1.50 bits per heavy atom. The van der Waals surface area contributed by atoms with Crippen LogP contribution in [-0.4, -0.2) is 7.04 Å². The summed E-state index contributed by atoms with van der Waals surface area (Å²) >= 11 is 6.02. The van der Waals surface area contributed by atoms with Gasteiger partial charge in [-0.25, -0.2) is 0 Å². The van der Waals surface area contributed by atoms with E-state index in [1.807, 2.05) is 6.92 Å². The van der Waals surface area contributed by atoms with E-state index in [0.717, 1.165) is 12.0 Å². The topological polar surface area (TPSA) is 9.23 Å². The van der Waals surface area contributed by atoms with Crippen LogP contribution in [0.5, 0.6) is 5.75 Å². The largest absolute Gasteiger partial charge is 0.497 e. The maximum absolute atomic E-state index is 6.93. The van der Waals surface area contributed by atoms with E-state index >= 15 is 0 Å². The van der Waals surface area contributed by atoms with E-state index in [1.54, 1.807) is 24.3 Å². The van der Waals surface area contributed by atoms with Gasteiger partial charge < -0.3 is 4.74 Å². The SMILES string of the molecule is [2H]C([2H])([2H])Oc1ccc(C(Cl)CC)cc1. The maximum atomic E-state index is 6.93. The van der Waals surface area contributed by atoms with E-state index in [9.17, 15) is 0 Å². The molecule has 0 fully saturated rings. The lowest BCUT2D eigenvalue weighted by Crippen LogP contribution is -1.88. The second-order valence-electron chi connectivity index (χ2n) is 2.55. The number of hydrogen-bond acceptors (Lipinski definition) is 1.